The molecule has 158 valence electrons. The fourth-order valence-electron chi connectivity index (χ4n) is 5.57. The number of likely N-dealkylation sites (tertiary alicyclic amines) is 2. The van der Waals surface area contributed by atoms with E-state index in [9.17, 15) is 14.7 Å². The van der Waals surface area contributed by atoms with Crippen molar-refractivity contribution in [2.24, 2.45) is 0 Å². The monoisotopic (exact) mass is 400 g/mol. The Morgan fingerprint density at radius 1 is 1.14 bits per heavy atom. The lowest BCUT2D eigenvalue weighted by Gasteiger charge is -2.48. The van der Waals surface area contributed by atoms with Gasteiger partial charge in [-0.2, -0.15) is 0 Å². The number of piperidine rings is 1. The van der Waals surface area contributed by atoms with Crippen LogP contribution in [0.1, 0.15) is 56.9 Å². The third kappa shape index (κ3) is 3.75. The maximum absolute atomic E-state index is 13.7. The Morgan fingerprint density at radius 3 is 2.55 bits per heavy atom. The van der Waals surface area contributed by atoms with E-state index in [0.717, 1.165) is 63.5 Å². The second kappa shape index (κ2) is 8.34. The van der Waals surface area contributed by atoms with Crippen molar-refractivity contribution in [1.82, 2.24) is 9.80 Å². The molecule has 6 nitrogen and oxygen atoms in total. The van der Waals surface area contributed by atoms with E-state index in [1.54, 1.807) is 7.11 Å². The Morgan fingerprint density at radius 2 is 1.83 bits per heavy atom. The average molecular weight is 401 g/mol. The highest BCUT2D eigenvalue weighted by Crippen LogP contribution is 2.40. The highest BCUT2D eigenvalue weighted by molar-refractivity contribution is 5.93. The second-order valence-corrected chi connectivity index (χ2v) is 8.73. The number of hydrogen-bond acceptors (Lipinski definition) is 4. The molecule has 2 amide bonds. The van der Waals surface area contributed by atoms with Crippen LogP contribution in [0.15, 0.2) is 24.3 Å². The Labute approximate surface area is 172 Å². The van der Waals surface area contributed by atoms with Crippen LogP contribution < -0.4 is 4.74 Å². The van der Waals surface area contributed by atoms with Crippen molar-refractivity contribution in [1.29, 1.82) is 0 Å². The molecule has 1 aromatic carbocycles. The quantitative estimate of drug-likeness (QED) is 0.843. The first kappa shape index (κ1) is 20.2. The predicted molar refractivity (Wildman–Crippen MR) is 110 cm³/mol. The van der Waals surface area contributed by atoms with Crippen molar-refractivity contribution in [3.8, 4) is 5.75 Å². The van der Waals surface area contributed by atoms with Gasteiger partial charge in [-0.15, -0.1) is 0 Å². The third-order valence-corrected chi connectivity index (χ3v) is 7.08. The molecule has 1 aromatic rings. The van der Waals surface area contributed by atoms with Gasteiger partial charge in [-0.05, 0) is 57.4 Å². The van der Waals surface area contributed by atoms with Gasteiger partial charge in [0, 0.05) is 24.7 Å². The van der Waals surface area contributed by atoms with Crippen molar-refractivity contribution >= 4 is 11.8 Å². The number of hydrogen-bond donors (Lipinski definition) is 1. The molecule has 4 rings (SSSR count). The van der Waals surface area contributed by atoms with E-state index in [2.05, 4.69) is 0 Å². The number of ether oxygens (including phenoxy) is 1. The van der Waals surface area contributed by atoms with E-state index in [-0.39, 0.29) is 30.4 Å². The van der Waals surface area contributed by atoms with E-state index in [0.29, 0.717) is 12.3 Å². The zero-order chi connectivity index (χ0) is 20.4. The molecule has 1 saturated carbocycles. The standard InChI is InChI=1S/C23H32N2O4/c1-29-20-7-3-2-6-17(20)16-21(27)25-15-5-13-23(25)12-4-14-24(22(23)28)18-8-10-19(26)11-9-18/h2-3,6-7,18-19,26H,4-5,8-16H2,1H3. The number of para-hydroxylation sites is 1. The second-order valence-electron chi connectivity index (χ2n) is 8.73. The molecular formula is C23H32N2O4. The van der Waals surface area contributed by atoms with Crippen molar-refractivity contribution < 1.29 is 19.4 Å². The number of benzene rings is 1. The SMILES string of the molecule is COc1ccccc1CC(=O)N1CCCC12CCCN(C1CCC(O)CC1)C2=O. The van der Waals surface area contributed by atoms with Gasteiger partial charge in [0.25, 0.3) is 0 Å². The Hall–Kier alpha value is -2.08. The Bertz CT molecular complexity index is 759. The molecule has 0 radical (unpaired) electrons. The molecule has 0 bridgehead atoms. The van der Waals surface area contributed by atoms with E-state index in [1.807, 2.05) is 34.1 Å². The minimum atomic E-state index is -0.673. The summed E-state index contributed by atoms with van der Waals surface area (Å²) < 4.78 is 5.41. The predicted octanol–water partition coefficient (Wildman–Crippen LogP) is 2.52. The van der Waals surface area contributed by atoms with E-state index >= 15 is 0 Å². The topological polar surface area (TPSA) is 70.1 Å². The fourth-order valence-corrected chi connectivity index (χ4v) is 5.57. The highest BCUT2D eigenvalue weighted by atomic mass is 16.5. The maximum atomic E-state index is 13.7. The Balaban J connectivity index is 1.52. The number of rotatable bonds is 4. The van der Waals surface area contributed by atoms with E-state index < -0.39 is 5.54 Å². The summed E-state index contributed by atoms with van der Waals surface area (Å²) in [7, 11) is 1.62. The number of amides is 2. The molecule has 1 unspecified atom stereocenters. The van der Waals surface area contributed by atoms with E-state index in [4.69, 9.17) is 4.74 Å². The number of nitrogens with zero attached hydrogens (tertiary/aromatic N) is 2. The van der Waals surface area contributed by atoms with E-state index in [1.165, 1.54) is 0 Å². The van der Waals surface area contributed by atoms with Crippen LogP contribution in [0.4, 0.5) is 0 Å². The normalized spacial score (nSPS) is 30.1. The van der Waals surface area contributed by atoms with Gasteiger partial charge in [0.15, 0.2) is 0 Å². The Kier molecular flexibility index (Phi) is 5.81. The van der Waals surface area contributed by atoms with Crippen LogP contribution in [0, 0.1) is 0 Å². The summed E-state index contributed by atoms with van der Waals surface area (Å²) >= 11 is 0. The number of aliphatic hydroxyl groups is 1. The number of aliphatic hydroxyl groups excluding tert-OH is 1. The summed E-state index contributed by atoms with van der Waals surface area (Å²) in [4.78, 5) is 30.9. The molecule has 29 heavy (non-hydrogen) atoms. The largest absolute Gasteiger partial charge is 0.496 e. The molecule has 2 aliphatic heterocycles. The summed E-state index contributed by atoms with van der Waals surface area (Å²) in [6.45, 7) is 1.42. The molecular weight excluding hydrogens is 368 g/mol. The molecule has 3 fully saturated rings. The molecule has 1 N–H and O–H groups in total. The molecule has 1 atom stereocenters. The lowest BCUT2D eigenvalue weighted by molar-refractivity contribution is -0.158. The van der Waals surface area contributed by atoms with Crippen LogP contribution in [0.3, 0.4) is 0 Å². The fraction of sp³-hybridized carbons (Fsp3) is 0.652. The first-order valence-electron chi connectivity index (χ1n) is 11.0. The van der Waals surface area contributed by atoms with Gasteiger partial charge >= 0.3 is 0 Å². The minimum Gasteiger partial charge on any atom is -0.496 e. The minimum absolute atomic E-state index is 0.0151. The van der Waals surface area contributed by atoms with Crippen molar-refractivity contribution in [3.05, 3.63) is 29.8 Å². The van der Waals surface area contributed by atoms with Gasteiger partial charge in [-0.25, -0.2) is 0 Å². The first-order chi connectivity index (χ1) is 14.0. The zero-order valence-electron chi connectivity index (χ0n) is 17.3. The smallest absolute Gasteiger partial charge is 0.248 e. The van der Waals surface area contributed by atoms with Gasteiger partial charge in [0.05, 0.1) is 19.6 Å². The number of carbonyl (C=O) groups excluding carboxylic acids is 2. The van der Waals surface area contributed by atoms with Gasteiger partial charge in [-0.3, -0.25) is 9.59 Å². The van der Waals surface area contributed by atoms with Crippen molar-refractivity contribution in [2.75, 3.05) is 20.2 Å². The van der Waals surface area contributed by atoms with Gasteiger partial charge in [-0.1, -0.05) is 18.2 Å². The van der Waals surface area contributed by atoms with Crippen LogP contribution >= 0.6 is 0 Å². The lowest BCUT2D eigenvalue weighted by atomic mass is 9.82. The molecule has 3 aliphatic rings. The van der Waals surface area contributed by atoms with Crippen LogP contribution in [0.25, 0.3) is 0 Å². The van der Waals surface area contributed by atoms with Crippen molar-refractivity contribution in [2.45, 2.75) is 75.5 Å². The summed E-state index contributed by atoms with van der Waals surface area (Å²) in [5.41, 5.74) is 0.191. The summed E-state index contributed by atoms with van der Waals surface area (Å²) in [5.74, 6) is 0.865. The molecule has 0 aromatic heterocycles. The average Bonchev–Trinajstić information content (AvgIpc) is 3.16. The van der Waals surface area contributed by atoms with Crippen LogP contribution in [0.2, 0.25) is 0 Å². The van der Waals surface area contributed by atoms with Crippen molar-refractivity contribution in [3.63, 3.8) is 0 Å². The zero-order valence-corrected chi connectivity index (χ0v) is 17.3. The van der Waals surface area contributed by atoms with Gasteiger partial charge in [0.2, 0.25) is 11.8 Å². The van der Waals surface area contributed by atoms with Gasteiger partial charge in [0.1, 0.15) is 11.3 Å². The molecule has 6 heteroatoms. The maximum Gasteiger partial charge on any atom is 0.248 e. The van der Waals surface area contributed by atoms with Crippen LogP contribution in [-0.4, -0.2) is 64.6 Å². The molecule has 2 heterocycles. The van der Waals surface area contributed by atoms with Crippen LogP contribution in [0.5, 0.6) is 5.75 Å². The molecule has 1 spiro atoms. The van der Waals surface area contributed by atoms with Crippen LogP contribution in [-0.2, 0) is 16.0 Å². The highest BCUT2D eigenvalue weighted by Gasteiger charge is 2.53. The number of carbonyl (C=O) groups is 2. The number of methoxy groups -OCH3 is 1. The molecule has 1 aliphatic carbocycles. The summed E-state index contributed by atoms with van der Waals surface area (Å²) in [6.07, 6.45) is 6.60. The third-order valence-electron chi connectivity index (χ3n) is 7.08. The molecule has 2 saturated heterocycles. The summed E-state index contributed by atoms with van der Waals surface area (Å²) in [5, 5.41) is 9.83. The summed E-state index contributed by atoms with van der Waals surface area (Å²) in [6, 6.07) is 7.80. The van der Waals surface area contributed by atoms with Gasteiger partial charge < -0.3 is 19.6 Å². The first-order valence-corrected chi connectivity index (χ1v) is 11.0. The lowest BCUT2D eigenvalue weighted by Crippen LogP contribution is -2.63.